The van der Waals surface area contributed by atoms with Crippen molar-refractivity contribution in [3.05, 3.63) is 17.7 Å². The molecule has 1 aliphatic heterocycles. The van der Waals surface area contributed by atoms with E-state index in [1.165, 1.54) is 0 Å². The van der Waals surface area contributed by atoms with Gasteiger partial charge in [0.25, 0.3) is 0 Å². The summed E-state index contributed by atoms with van der Waals surface area (Å²) < 4.78 is 16.1. The zero-order valence-electron chi connectivity index (χ0n) is 10.8. The van der Waals surface area contributed by atoms with Crippen LogP contribution in [0.5, 0.6) is 17.2 Å². The highest BCUT2D eigenvalue weighted by Gasteiger charge is 2.43. The second-order valence-corrected chi connectivity index (χ2v) is 5.11. The van der Waals surface area contributed by atoms with Gasteiger partial charge in [-0.05, 0) is 18.9 Å². The number of benzene rings is 1. The number of carboxylic acids is 1. The molecule has 1 N–H and O–H groups in total. The summed E-state index contributed by atoms with van der Waals surface area (Å²) in [5.74, 6) is 1.24. The van der Waals surface area contributed by atoms with Crippen LogP contribution in [0.4, 0.5) is 0 Å². The molecule has 3 rings (SSSR count). The van der Waals surface area contributed by atoms with Crippen molar-refractivity contribution in [1.82, 2.24) is 0 Å². The topological polar surface area (TPSA) is 65.0 Å². The van der Waals surface area contributed by atoms with E-state index in [0.717, 1.165) is 24.8 Å². The van der Waals surface area contributed by atoms with Gasteiger partial charge in [0.1, 0.15) is 5.75 Å². The average Bonchev–Trinajstić information content (AvgIpc) is 2.79. The predicted octanol–water partition coefficient (Wildman–Crippen LogP) is 2.32. The monoisotopic (exact) mass is 264 g/mol. The van der Waals surface area contributed by atoms with Crippen LogP contribution in [0.15, 0.2) is 12.1 Å². The van der Waals surface area contributed by atoms with Crippen molar-refractivity contribution in [2.45, 2.75) is 31.1 Å². The van der Waals surface area contributed by atoms with Crippen LogP contribution >= 0.6 is 0 Å². The first-order valence-electron chi connectivity index (χ1n) is 6.34. The Labute approximate surface area is 111 Å². The number of carboxylic acid groups (broad SMARTS) is 1. The Morgan fingerprint density at radius 1 is 1.37 bits per heavy atom. The molecule has 0 unspecified atom stereocenters. The molecular weight excluding hydrogens is 248 g/mol. The summed E-state index contributed by atoms with van der Waals surface area (Å²) in [4.78, 5) is 11.1. The first-order chi connectivity index (χ1) is 9.14. The van der Waals surface area contributed by atoms with E-state index >= 15 is 0 Å². The molecule has 2 aliphatic rings. The average molecular weight is 264 g/mol. The lowest BCUT2D eigenvalue weighted by molar-refractivity contribution is -0.139. The van der Waals surface area contributed by atoms with Crippen LogP contribution in [0.1, 0.15) is 31.2 Å². The Morgan fingerprint density at radius 2 is 2.05 bits per heavy atom. The highest BCUT2D eigenvalue weighted by atomic mass is 16.7. The molecule has 5 heteroatoms. The molecule has 1 fully saturated rings. The van der Waals surface area contributed by atoms with Gasteiger partial charge in [-0.2, -0.15) is 0 Å². The molecule has 19 heavy (non-hydrogen) atoms. The minimum Gasteiger partial charge on any atom is -0.496 e. The summed E-state index contributed by atoms with van der Waals surface area (Å²) in [6, 6.07) is 3.67. The maximum absolute atomic E-state index is 11.1. The number of fused-ring (bicyclic) bond motifs is 1. The number of hydrogen-bond donors (Lipinski definition) is 1. The summed E-state index contributed by atoms with van der Waals surface area (Å²) in [6.07, 6.45) is 2.92. The lowest BCUT2D eigenvalue weighted by atomic mass is 9.62. The summed E-state index contributed by atoms with van der Waals surface area (Å²) in [7, 11) is 1.59. The normalized spacial score (nSPS) is 18.8. The van der Waals surface area contributed by atoms with Crippen molar-refractivity contribution < 1.29 is 24.1 Å². The van der Waals surface area contributed by atoms with E-state index in [-0.39, 0.29) is 18.6 Å². The molecular formula is C14H16O5. The third-order valence-corrected chi connectivity index (χ3v) is 4.07. The lowest BCUT2D eigenvalue weighted by Gasteiger charge is -2.42. The zero-order chi connectivity index (χ0) is 13.5. The largest absolute Gasteiger partial charge is 0.496 e. The molecule has 1 aliphatic carbocycles. The highest BCUT2D eigenvalue weighted by Crippen LogP contribution is 2.52. The molecule has 1 aromatic rings. The van der Waals surface area contributed by atoms with Gasteiger partial charge in [0.2, 0.25) is 6.79 Å². The predicted molar refractivity (Wildman–Crippen MR) is 66.9 cm³/mol. The van der Waals surface area contributed by atoms with E-state index in [0.29, 0.717) is 17.2 Å². The summed E-state index contributed by atoms with van der Waals surface area (Å²) in [5.41, 5.74) is 0.603. The van der Waals surface area contributed by atoms with Gasteiger partial charge in [0.15, 0.2) is 11.5 Å². The summed E-state index contributed by atoms with van der Waals surface area (Å²) in [6.45, 7) is 0.202. The number of ether oxygens (including phenoxy) is 3. The van der Waals surface area contributed by atoms with E-state index in [1.54, 1.807) is 13.2 Å². The SMILES string of the molecule is COc1cc2c(cc1C1(CC(=O)O)CCC1)OCO2. The fraction of sp³-hybridized carbons (Fsp3) is 0.500. The molecule has 0 saturated heterocycles. The van der Waals surface area contributed by atoms with Crippen LogP contribution in [-0.2, 0) is 10.2 Å². The van der Waals surface area contributed by atoms with Gasteiger partial charge in [-0.3, -0.25) is 4.79 Å². The van der Waals surface area contributed by atoms with Crippen molar-refractivity contribution >= 4 is 5.97 Å². The quantitative estimate of drug-likeness (QED) is 0.904. The number of aliphatic carboxylic acids is 1. The van der Waals surface area contributed by atoms with Gasteiger partial charge in [-0.15, -0.1) is 0 Å². The zero-order valence-corrected chi connectivity index (χ0v) is 10.8. The molecule has 102 valence electrons. The van der Waals surface area contributed by atoms with Crippen molar-refractivity contribution in [2.24, 2.45) is 0 Å². The maximum atomic E-state index is 11.1. The summed E-state index contributed by atoms with van der Waals surface area (Å²) >= 11 is 0. The van der Waals surface area contributed by atoms with E-state index in [9.17, 15) is 4.79 Å². The minimum atomic E-state index is -0.778. The summed E-state index contributed by atoms with van der Waals surface area (Å²) in [5, 5.41) is 9.14. The molecule has 0 atom stereocenters. The molecule has 0 aromatic heterocycles. The van der Waals surface area contributed by atoms with Crippen molar-refractivity contribution in [2.75, 3.05) is 13.9 Å². The minimum absolute atomic E-state index is 0.128. The smallest absolute Gasteiger partial charge is 0.304 e. The molecule has 0 bridgehead atoms. The van der Waals surface area contributed by atoms with Crippen LogP contribution in [-0.4, -0.2) is 25.0 Å². The first kappa shape index (κ1) is 12.1. The molecule has 1 saturated carbocycles. The van der Waals surface area contributed by atoms with Gasteiger partial charge < -0.3 is 19.3 Å². The second-order valence-electron chi connectivity index (χ2n) is 5.11. The Kier molecular flexibility index (Phi) is 2.77. The van der Waals surface area contributed by atoms with Gasteiger partial charge in [-0.1, -0.05) is 6.42 Å². The van der Waals surface area contributed by atoms with E-state index in [1.807, 2.05) is 6.07 Å². The Morgan fingerprint density at radius 3 is 2.58 bits per heavy atom. The van der Waals surface area contributed by atoms with E-state index in [4.69, 9.17) is 19.3 Å². The van der Waals surface area contributed by atoms with Crippen LogP contribution in [0.25, 0.3) is 0 Å². The fourth-order valence-electron chi connectivity index (χ4n) is 2.94. The van der Waals surface area contributed by atoms with Crippen LogP contribution < -0.4 is 14.2 Å². The molecule has 1 aromatic carbocycles. The fourth-order valence-corrected chi connectivity index (χ4v) is 2.94. The molecule has 5 nitrogen and oxygen atoms in total. The lowest BCUT2D eigenvalue weighted by Crippen LogP contribution is -2.36. The number of carbonyl (C=O) groups is 1. The van der Waals surface area contributed by atoms with Crippen LogP contribution in [0.2, 0.25) is 0 Å². The van der Waals surface area contributed by atoms with Gasteiger partial charge in [0.05, 0.1) is 13.5 Å². The Bertz CT molecular complexity index is 519. The third-order valence-electron chi connectivity index (χ3n) is 4.07. The highest BCUT2D eigenvalue weighted by molar-refractivity contribution is 5.70. The maximum Gasteiger partial charge on any atom is 0.304 e. The molecule has 0 amide bonds. The third kappa shape index (κ3) is 1.89. The van der Waals surface area contributed by atoms with Gasteiger partial charge in [-0.25, -0.2) is 0 Å². The van der Waals surface area contributed by atoms with E-state index < -0.39 is 5.97 Å². The number of hydrogen-bond acceptors (Lipinski definition) is 4. The molecule has 0 spiro atoms. The Balaban J connectivity index is 2.05. The first-order valence-corrected chi connectivity index (χ1v) is 6.34. The number of rotatable bonds is 4. The van der Waals surface area contributed by atoms with Gasteiger partial charge >= 0.3 is 5.97 Å². The van der Waals surface area contributed by atoms with Gasteiger partial charge in [0, 0.05) is 17.0 Å². The number of methoxy groups -OCH3 is 1. The van der Waals surface area contributed by atoms with E-state index in [2.05, 4.69) is 0 Å². The van der Waals surface area contributed by atoms with Crippen LogP contribution in [0, 0.1) is 0 Å². The van der Waals surface area contributed by atoms with Crippen molar-refractivity contribution in [1.29, 1.82) is 0 Å². The van der Waals surface area contributed by atoms with Crippen LogP contribution in [0.3, 0.4) is 0 Å². The van der Waals surface area contributed by atoms with Crippen molar-refractivity contribution in [3.8, 4) is 17.2 Å². The second kappa shape index (κ2) is 4.33. The van der Waals surface area contributed by atoms with Crippen molar-refractivity contribution in [3.63, 3.8) is 0 Å². The standard InChI is InChI=1S/C14H16O5/c1-17-10-6-12-11(18-8-19-12)5-9(10)14(3-2-4-14)7-13(15)16/h5-6H,2-4,7-8H2,1H3,(H,15,16). The molecule has 1 heterocycles. The Hall–Kier alpha value is -1.91. The molecule has 0 radical (unpaired) electrons.